The molecule has 0 saturated heterocycles. The fourth-order valence-corrected chi connectivity index (χ4v) is 1.08. The Labute approximate surface area is 85.3 Å². The van der Waals surface area contributed by atoms with Crippen molar-refractivity contribution < 1.29 is 0 Å². The van der Waals surface area contributed by atoms with E-state index in [-0.39, 0.29) is 10.6 Å². The predicted molar refractivity (Wildman–Crippen MR) is 53.7 cm³/mol. The summed E-state index contributed by atoms with van der Waals surface area (Å²) in [7, 11) is 0. The minimum Gasteiger partial charge on any atom is -0.369 e. The molecule has 6 heteroatoms. The number of halogens is 2. The van der Waals surface area contributed by atoms with Gasteiger partial charge < -0.3 is 10.3 Å². The molecular weight excluding hydrogens is 213 g/mol. The lowest BCUT2D eigenvalue weighted by atomic mass is 10.4. The third-order valence-corrected chi connectivity index (χ3v) is 2.02. The van der Waals surface area contributed by atoms with Gasteiger partial charge in [-0.3, -0.25) is 4.79 Å². The molecule has 0 aromatic carbocycles. The molecule has 1 heterocycles. The SMILES string of the molecule is O=c1[nH]cnc(NCCCCl)c1Cl. The third-order valence-electron chi connectivity index (χ3n) is 1.40. The third kappa shape index (κ3) is 2.90. The minimum atomic E-state index is -0.343. The molecule has 4 nitrogen and oxygen atoms in total. The Morgan fingerprint density at radius 3 is 3.08 bits per heavy atom. The summed E-state index contributed by atoms with van der Waals surface area (Å²) in [6, 6.07) is 0. The fraction of sp³-hybridized carbons (Fsp3) is 0.429. The molecule has 0 aliphatic carbocycles. The maximum atomic E-state index is 11.0. The molecule has 1 aromatic heterocycles. The molecule has 72 valence electrons. The average Bonchev–Trinajstić information content (AvgIpc) is 2.13. The Balaban J connectivity index is 2.66. The molecule has 0 amide bonds. The summed E-state index contributed by atoms with van der Waals surface area (Å²) in [6.45, 7) is 0.652. The highest BCUT2D eigenvalue weighted by atomic mass is 35.5. The van der Waals surface area contributed by atoms with Crippen molar-refractivity contribution in [3.05, 3.63) is 21.7 Å². The maximum absolute atomic E-state index is 11.0. The number of H-pyrrole nitrogens is 1. The minimum absolute atomic E-state index is 0.0806. The van der Waals surface area contributed by atoms with E-state index in [1.54, 1.807) is 0 Å². The predicted octanol–water partition coefficient (Wildman–Crippen LogP) is 1.46. The van der Waals surface area contributed by atoms with Crippen molar-refractivity contribution >= 4 is 29.0 Å². The number of nitrogens with one attached hydrogen (secondary N) is 2. The van der Waals surface area contributed by atoms with Crippen molar-refractivity contribution in [1.82, 2.24) is 9.97 Å². The van der Waals surface area contributed by atoms with E-state index in [9.17, 15) is 4.79 Å². The lowest BCUT2D eigenvalue weighted by molar-refractivity contribution is 0.968. The maximum Gasteiger partial charge on any atom is 0.271 e. The van der Waals surface area contributed by atoms with Gasteiger partial charge in [0.15, 0.2) is 5.82 Å². The lowest BCUT2D eigenvalue weighted by Crippen LogP contribution is -2.12. The largest absolute Gasteiger partial charge is 0.369 e. The topological polar surface area (TPSA) is 57.8 Å². The van der Waals surface area contributed by atoms with E-state index in [4.69, 9.17) is 23.2 Å². The van der Waals surface area contributed by atoms with Crippen molar-refractivity contribution in [2.45, 2.75) is 6.42 Å². The van der Waals surface area contributed by atoms with Crippen LogP contribution in [0, 0.1) is 0 Å². The number of alkyl halides is 1. The van der Waals surface area contributed by atoms with Crippen molar-refractivity contribution in [2.24, 2.45) is 0 Å². The summed E-state index contributed by atoms with van der Waals surface area (Å²) in [6.07, 6.45) is 2.10. The molecule has 0 atom stereocenters. The van der Waals surface area contributed by atoms with Crippen LogP contribution in [0.5, 0.6) is 0 Å². The molecular formula is C7H9Cl2N3O. The van der Waals surface area contributed by atoms with E-state index in [1.807, 2.05) is 0 Å². The van der Waals surface area contributed by atoms with E-state index in [0.717, 1.165) is 6.42 Å². The summed E-state index contributed by atoms with van der Waals surface area (Å²) in [5, 5.41) is 2.99. The molecule has 2 N–H and O–H groups in total. The van der Waals surface area contributed by atoms with E-state index in [1.165, 1.54) is 6.33 Å². The number of nitrogens with zero attached hydrogens (tertiary/aromatic N) is 1. The molecule has 0 aliphatic heterocycles. The second-order valence-corrected chi connectivity index (χ2v) is 3.12. The number of anilines is 1. The number of hydrogen-bond donors (Lipinski definition) is 2. The molecule has 13 heavy (non-hydrogen) atoms. The molecule has 0 unspecified atom stereocenters. The Kier molecular flexibility index (Phi) is 4.05. The average molecular weight is 222 g/mol. The van der Waals surface area contributed by atoms with Crippen LogP contribution < -0.4 is 10.9 Å². The van der Waals surface area contributed by atoms with Crippen LogP contribution in [-0.4, -0.2) is 22.4 Å². The van der Waals surface area contributed by atoms with E-state index in [0.29, 0.717) is 18.2 Å². The molecule has 0 spiro atoms. The highest BCUT2D eigenvalue weighted by Gasteiger charge is 2.03. The Hall–Kier alpha value is -0.740. The van der Waals surface area contributed by atoms with Crippen LogP contribution in [0.2, 0.25) is 5.02 Å². The van der Waals surface area contributed by atoms with Gasteiger partial charge in [0, 0.05) is 12.4 Å². The Bertz CT molecular complexity index is 326. The van der Waals surface area contributed by atoms with Crippen LogP contribution in [0.1, 0.15) is 6.42 Å². The smallest absolute Gasteiger partial charge is 0.271 e. The number of aromatic amines is 1. The first-order valence-corrected chi connectivity index (χ1v) is 4.70. The lowest BCUT2D eigenvalue weighted by Gasteiger charge is -2.03. The van der Waals surface area contributed by atoms with Crippen LogP contribution in [0.15, 0.2) is 11.1 Å². The summed E-state index contributed by atoms with van der Waals surface area (Å²) in [4.78, 5) is 17.2. The van der Waals surface area contributed by atoms with Crippen molar-refractivity contribution in [3.63, 3.8) is 0 Å². The zero-order chi connectivity index (χ0) is 9.68. The molecule has 1 aromatic rings. The highest BCUT2D eigenvalue weighted by Crippen LogP contribution is 2.11. The molecule has 1 rings (SSSR count). The van der Waals surface area contributed by atoms with Crippen molar-refractivity contribution in [3.8, 4) is 0 Å². The molecule has 0 radical (unpaired) electrons. The van der Waals surface area contributed by atoms with Crippen LogP contribution in [0.25, 0.3) is 0 Å². The van der Waals surface area contributed by atoms with Crippen LogP contribution in [0.4, 0.5) is 5.82 Å². The van der Waals surface area contributed by atoms with Gasteiger partial charge >= 0.3 is 0 Å². The second-order valence-electron chi connectivity index (χ2n) is 2.36. The summed E-state index contributed by atoms with van der Waals surface area (Å²) >= 11 is 11.1. The first kappa shape index (κ1) is 10.3. The van der Waals surface area contributed by atoms with Gasteiger partial charge in [0.25, 0.3) is 5.56 Å². The Morgan fingerprint density at radius 1 is 1.62 bits per heavy atom. The first-order chi connectivity index (χ1) is 6.25. The second kappa shape index (κ2) is 5.09. The van der Waals surface area contributed by atoms with Gasteiger partial charge in [-0.25, -0.2) is 4.98 Å². The quantitative estimate of drug-likeness (QED) is 0.599. The fourth-order valence-electron chi connectivity index (χ4n) is 0.780. The zero-order valence-electron chi connectivity index (χ0n) is 6.81. The van der Waals surface area contributed by atoms with Gasteiger partial charge in [0.2, 0.25) is 0 Å². The summed E-state index contributed by atoms with van der Waals surface area (Å²) in [5.74, 6) is 0.962. The van der Waals surface area contributed by atoms with Gasteiger partial charge in [-0.2, -0.15) is 0 Å². The van der Waals surface area contributed by atoms with Crippen molar-refractivity contribution in [2.75, 3.05) is 17.7 Å². The normalized spacial score (nSPS) is 10.0. The Morgan fingerprint density at radius 2 is 2.38 bits per heavy atom. The van der Waals surface area contributed by atoms with Crippen LogP contribution >= 0.6 is 23.2 Å². The summed E-state index contributed by atoms with van der Waals surface area (Å²) in [5.41, 5.74) is -0.343. The van der Waals surface area contributed by atoms with Gasteiger partial charge in [-0.05, 0) is 6.42 Å². The standard InChI is InChI=1S/C7H9Cl2N3O/c8-2-1-3-10-6-5(9)7(13)12-4-11-6/h4H,1-3H2,(H2,10,11,12,13). The molecule has 0 aliphatic rings. The van der Waals surface area contributed by atoms with Crippen LogP contribution in [-0.2, 0) is 0 Å². The first-order valence-electron chi connectivity index (χ1n) is 3.78. The van der Waals surface area contributed by atoms with Crippen molar-refractivity contribution in [1.29, 1.82) is 0 Å². The number of aromatic nitrogens is 2. The highest BCUT2D eigenvalue weighted by molar-refractivity contribution is 6.32. The monoisotopic (exact) mass is 221 g/mol. The van der Waals surface area contributed by atoms with Gasteiger partial charge in [0.05, 0.1) is 6.33 Å². The summed E-state index contributed by atoms with van der Waals surface area (Å²) < 4.78 is 0. The molecule has 0 saturated carbocycles. The number of rotatable bonds is 4. The van der Waals surface area contributed by atoms with E-state index in [2.05, 4.69) is 15.3 Å². The molecule has 0 bridgehead atoms. The van der Waals surface area contributed by atoms with E-state index < -0.39 is 0 Å². The van der Waals surface area contributed by atoms with E-state index >= 15 is 0 Å². The van der Waals surface area contributed by atoms with Gasteiger partial charge in [-0.1, -0.05) is 11.6 Å². The van der Waals surface area contributed by atoms with Gasteiger partial charge in [0.1, 0.15) is 5.02 Å². The number of hydrogen-bond acceptors (Lipinski definition) is 3. The van der Waals surface area contributed by atoms with Gasteiger partial charge in [-0.15, -0.1) is 11.6 Å². The molecule has 0 fully saturated rings. The van der Waals surface area contributed by atoms with Crippen LogP contribution in [0.3, 0.4) is 0 Å². The zero-order valence-corrected chi connectivity index (χ0v) is 8.32.